The van der Waals surface area contributed by atoms with E-state index in [1.54, 1.807) is 37.5 Å². The summed E-state index contributed by atoms with van der Waals surface area (Å²) in [6.07, 6.45) is 3.51. The number of furan rings is 1. The van der Waals surface area contributed by atoms with Gasteiger partial charge in [-0.15, -0.1) is 11.3 Å². The molecule has 4 aromatic rings. The molecular formula is C21H18N4O2S. The summed E-state index contributed by atoms with van der Waals surface area (Å²) in [5.74, 6) is 0.954. The third-order valence-corrected chi connectivity index (χ3v) is 5.05. The molecule has 1 amide bonds. The lowest BCUT2D eigenvalue weighted by atomic mass is 10.2. The molecule has 0 atom stereocenters. The molecule has 6 nitrogen and oxygen atoms in total. The number of hydrazone groups is 1. The molecule has 3 heterocycles. The minimum atomic E-state index is -0.307. The first-order valence-corrected chi connectivity index (χ1v) is 9.59. The highest BCUT2D eigenvalue weighted by Gasteiger charge is 2.14. The Labute approximate surface area is 166 Å². The van der Waals surface area contributed by atoms with Gasteiger partial charge in [0.2, 0.25) is 0 Å². The first-order chi connectivity index (χ1) is 13.6. The van der Waals surface area contributed by atoms with Crippen LogP contribution in [0.15, 0.2) is 69.6 Å². The highest BCUT2D eigenvalue weighted by molar-refractivity contribution is 7.13. The Bertz CT molecular complexity index is 1120. The van der Waals surface area contributed by atoms with Crippen LogP contribution in [0.4, 0.5) is 0 Å². The number of rotatable bonds is 5. The van der Waals surface area contributed by atoms with E-state index in [2.05, 4.69) is 10.5 Å². The molecule has 0 unspecified atom stereocenters. The van der Waals surface area contributed by atoms with E-state index in [-0.39, 0.29) is 5.91 Å². The van der Waals surface area contributed by atoms with Crippen molar-refractivity contribution in [2.45, 2.75) is 13.8 Å². The standard InChI is InChI=1S/C21H18N4O2S/c1-14-11-18(15(2)27-14)21(26)23-22-12-16-13-25(17-7-4-3-5-8-17)24-20(16)19-9-6-10-28-19/h3-13H,1-2H3,(H,23,26)/b22-12-. The van der Waals surface area contributed by atoms with Crippen molar-refractivity contribution in [1.82, 2.24) is 15.2 Å². The molecule has 0 aliphatic carbocycles. The van der Waals surface area contributed by atoms with Crippen molar-refractivity contribution in [3.05, 3.63) is 82.8 Å². The van der Waals surface area contributed by atoms with Crippen molar-refractivity contribution in [2.75, 3.05) is 0 Å². The Hall–Kier alpha value is -3.45. The lowest BCUT2D eigenvalue weighted by molar-refractivity contribution is 0.0953. The van der Waals surface area contributed by atoms with Crippen LogP contribution in [0.5, 0.6) is 0 Å². The van der Waals surface area contributed by atoms with Crippen molar-refractivity contribution in [2.24, 2.45) is 5.10 Å². The second-order valence-corrected chi connectivity index (χ2v) is 7.16. The molecule has 0 bridgehead atoms. The van der Waals surface area contributed by atoms with Gasteiger partial charge in [0, 0.05) is 11.8 Å². The van der Waals surface area contributed by atoms with Crippen LogP contribution in [0.1, 0.15) is 27.4 Å². The highest BCUT2D eigenvalue weighted by Crippen LogP contribution is 2.26. The molecule has 1 aromatic carbocycles. The summed E-state index contributed by atoms with van der Waals surface area (Å²) in [7, 11) is 0. The summed E-state index contributed by atoms with van der Waals surface area (Å²) in [5.41, 5.74) is 5.62. The first-order valence-electron chi connectivity index (χ1n) is 8.71. The maximum Gasteiger partial charge on any atom is 0.274 e. The van der Waals surface area contributed by atoms with E-state index < -0.39 is 0 Å². The third-order valence-electron chi connectivity index (χ3n) is 4.17. The van der Waals surface area contributed by atoms with E-state index in [9.17, 15) is 4.79 Å². The molecular weight excluding hydrogens is 372 g/mol. The molecule has 0 aliphatic heterocycles. The summed E-state index contributed by atoms with van der Waals surface area (Å²) in [6.45, 7) is 3.56. The number of amides is 1. The Balaban J connectivity index is 1.61. The van der Waals surface area contributed by atoms with Crippen LogP contribution in [-0.2, 0) is 0 Å². The fourth-order valence-electron chi connectivity index (χ4n) is 2.88. The second kappa shape index (κ2) is 7.66. The van der Waals surface area contributed by atoms with Crippen LogP contribution in [-0.4, -0.2) is 21.9 Å². The SMILES string of the molecule is Cc1cc(C(=O)N/N=C\c2cn(-c3ccccc3)nc2-c2cccs2)c(C)o1. The van der Waals surface area contributed by atoms with E-state index in [1.165, 1.54) is 0 Å². The second-order valence-electron chi connectivity index (χ2n) is 6.22. The molecule has 28 heavy (non-hydrogen) atoms. The Morgan fingerprint density at radius 1 is 1.21 bits per heavy atom. The average Bonchev–Trinajstić information content (AvgIpc) is 3.42. The zero-order valence-electron chi connectivity index (χ0n) is 15.4. The average molecular weight is 390 g/mol. The van der Waals surface area contributed by atoms with Gasteiger partial charge in [0.25, 0.3) is 5.91 Å². The zero-order chi connectivity index (χ0) is 19.5. The van der Waals surface area contributed by atoms with Gasteiger partial charge in [-0.25, -0.2) is 10.1 Å². The summed E-state index contributed by atoms with van der Waals surface area (Å²) in [4.78, 5) is 13.3. The van der Waals surface area contributed by atoms with E-state index in [0.717, 1.165) is 21.8 Å². The molecule has 0 fully saturated rings. The highest BCUT2D eigenvalue weighted by atomic mass is 32.1. The molecule has 0 saturated carbocycles. The van der Waals surface area contributed by atoms with Gasteiger partial charge in [-0.3, -0.25) is 4.79 Å². The number of carbonyl (C=O) groups excluding carboxylic acids is 1. The fraction of sp³-hybridized carbons (Fsp3) is 0.0952. The number of hydrogen-bond acceptors (Lipinski definition) is 5. The van der Waals surface area contributed by atoms with Gasteiger partial charge < -0.3 is 4.42 Å². The molecule has 140 valence electrons. The van der Waals surface area contributed by atoms with Crippen LogP contribution >= 0.6 is 11.3 Å². The number of nitrogens with zero attached hydrogens (tertiary/aromatic N) is 3. The first kappa shape index (κ1) is 17.9. The number of hydrogen-bond donors (Lipinski definition) is 1. The van der Waals surface area contributed by atoms with Crippen molar-refractivity contribution >= 4 is 23.5 Å². The lowest BCUT2D eigenvalue weighted by Gasteiger charge is -1.98. The maximum absolute atomic E-state index is 12.3. The van der Waals surface area contributed by atoms with Gasteiger partial charge in [-0.2, -0.15) is 10.2 Å². The lowest BCUT2D eigenvalue weighted by Crippen LogP contribution is -2.17. The maximum atomic E-state index is 12.3. The molecule has 0 spiro atoms. The normalized spacial score (nSPS) is 11.2. The monoisotopic (exact) mass is 390 g/mol. The number of nitrogens with one attached hydrogen (secondary N) is 1. The summed E-state index contributed by atoms with van der Waals surface area (Å²) in [5, 5.41) is 10.8. The molecule has 4 rings (SSSR count). The van der Waals surface area contributed by atoms with Gasteiger partial charge in [-0.1, -0.05) is 24.3 Å². The molecule has 0 radical (unpaired) electrons. The summed E-state index contributed by atoms with van der Waals surface area (Å²) >= 11 is 1.60. The van der Waals surface area contributed by atoms with Crippen molar-refractivity contribution < 1.29 is 9.21 Å². The van der Waals surface area contributed by atoms with E-state index >= 15 is 0 Å². The van der Waals surface area contributed by atoms with Gasteiger partial charge in [-0.05, 0) is 43.5 Å². The largest absolute Gasteiger partial charge is 0.466 e. The van der Waals surface area contributed by atoms with Crippen LogP contribution < -0.4 is 5.43 Å². The zero-order valence-corrected chi connectivity index (χ0v) is 16.2. The molecule has 7 heteroatoms. The number of para-hydroxylation sites is 1. The Morgan fingerprint density at radius 2 is 2.04 bits per heavy atom. The Morgan fingerprint density at radius 3 is 2.71 bits per heavy atom. The number of thiophene rings is 1. The summed E-state index contributed by atoms with van der Waals surface area (Å²) in [6, 6.07) is 15.5. The molecule has 0 saturated heterocycles. The predicted molar refractivity (Wildman–Crippen MR) is 110 cm³/mol. The number of aryl methyl sites for hydroxylation is 2. The van der Waals surface area contributed by atoms with Crippen LogP contribution in [0.2, 0.25) is 0 Å². The minimum Gasteiger partial charge on any atom is -0.466 e. The smallest absolute Gasteiger partial charge is 0.274 e. The van der Waals surface area contributed by atoms with Crippen molar-refractivity contribution in [3.63, 3.8) is 0 Å². The number of benzene rings is 1. The van der Waals surface area contributed by atoms with Crippen molar-refractivity contribution in [1.29, 1.82) is 0 Å². The molecule has 0 aliphatic rings. The quantitative estimate of drug-likeness (QED) is 0.401. The summed E-state index contributed by atoms with van der Waals surface area (Å²) < 4.78 is 7.20. The van der Waals surface area contributed by atoms with Crippen LogP contribution in [0, 0.1) is 13.8 Å². The van der Waals surface area contributed by atoms with E-state index in [4.69, 9.17) is 9.52 Å². The van der Waals surface area contributed by atoms with Crippen LogP contribution in [0.25, 0.3) is 16.3 Å². The van der Waals surface area contributed by atoms with E-state index in [0.29, 0.717) is 17.1 Å². The fourth-order valence-corrected chi connectivity index (χ4v) is 3.61. The van der Waals surface area contributed by atoms with E-state index in [1.807, 2.05) is 58.7 Å². The van der Waals surface area contributed by atoms with Gasteiger partial charge in [0.15, 0.2) is 0 Å². The molecule has 3 aromatic heterocycles. The Kier molecular flexibility index (Phi) is 4.90. The van der Waals surface area contributed by atoms with Gasteiger partial charge in [0.1, 0.15) is 17.2 Å². The van der Waals surface area contributed by atoms with Crippen molar-refractivity contribution in [3.8, 4) is 16.3 Å². The third kappa shape index (κ3) is 3.65. The predicted octanol–water partition coefficient (Wildman–Crippen LogP) is 4.57. The molecule has 1 N–H and O–H groups in total. The minimum absolute atomic E-state index is 0.307. The number of carbonyl (C=O) groups is 1. The van der Waals surface area contributed by atoms with Crippen LogP contribution in [0.3, 0.4) is 0 Å². The van der Waals surface area contributed by atoms with Gasteiger partial charge in [0.05, 0.1) is 22.3 Å². The van der Waals surface area contributed by atoms with Gasteiger partial charge >= 0.3 is 0 Å². The number of aromatic nitrogens is 2. The topological polar surface area (TPSA) is 72.4 Å².